The molecule has 0 amide bonds. The van der Waals surface area contributed by atoms with Crippen LogP contribution in [0.1, 0.15) is 53.4 Å². The Kier molecular flexibility index (Phi) is 7.58. The summed E-state index contributed by atoms with van der Waals surface area (Å²) >= 11 is 0. The van der Waals surface area contributed by atoms with E-state index < -0.39 is 0 Å². The SMILES string of the molecule is CC(C)CCCCCNC(C)C. The predicted molar refractivity (Wildman–Crippen MR) is 56.4 cm³/mol. The van der Waals surface area contributed by atoms with Crippen molar-refractivity contribution in [1.29, 1.82) is 0 Å². The standard InChI is InChI=1S/C11H25N/c1-10(2)8-6-5-7-9-12-11(3)4/h10-12H,5-9H2,1-4H3. The van der Waals surface area contributed by atoms with Crippen LogP contribution in [0.2, 0.25) is 0 Å². The summed E-state index contributed by atoms with van der Waals surface area (Å²) < 4.78 is 0. The Morgan fingerprint density at radius 2 is 1.58 bits per heavy atom. The van der Waals surface area contributed by atoms with Gasteiger partial charge in [0.1, 0.15) is 0 Å². The average Bonchev–Trinajstić information content (AvgIpc) is 1.95. The molecule has 0 aliphatic heterocycles. The Bertz CT molecular complexity index is 75.0. The topological polar surface area (TPSA) is 12.0 Å². The molecule has 0 rings (SSSR count). The quantitative estimate of drug-likeness (QED) is 0.580. The Morgan fingerprint density at radius 1 is 0.917 bits per heavy atom. The summed E-state index contributed by atoms with van der Waals surface area (Å²) in [6, 6.07) is 0.648. The summed E-state index contributed by atoms with van der Waals surface area (Å²) in [5, 5.41) is 3.43. The molecule has 0 aliphatic rings. The number of rotatable bonds is 7. The first-order chi connectivity index (χ1) is 5.63. The maximum atomic E-state index is 3.43. The van der Waals surface area contributed by atoms with Crippen molar-refractivity contribution in [2.24, 2.45) is 5.92 Å². The molecule has 1 heteroatoms. The molecule has 0 aromatic carbocycles. The van der Waals surface area contributed by atoms with E-state index in [0.29, 0.717) is 6.04 Å². The Hall–Kier alpha value is -0.0400. The van der Waals surface area contributed by atoms with Crippen molar-refractivity contribution in [1.82, 2.24) is 5.32 Å². The van der Waals surface area contributed by atoms with Crippen molar-refractivity contribution in [2.75, 3.05) is 6.54 Å². The van der Waals surface area contributed by atoms with E-state index >= 15 is 0 Å². The molecule has 0 bridgehead atoms. The van der Waals surface area contributed by atoms with Crippen LogP contribution in [0.25, 0.3) is 0 Å². The zero-order valence-electron chi connectivity index (χ0n) is 9.19. The van der Waals surface area contributed by atoms with Crippen molar-refractivity contribution in [3.05, 3.63) is 0 Å². The molecule has 0 aliphatic carbocycles. The van der Waals surface area contributed by atoms with Crippen LogP contribution in [-0.2, 0) is 0 Å². The highest BCUT2D eigenvalue weighted by Gasteiger charge is 1.94. The van der Waals surface area contributed by atoms with E-state index in [2.05, 4.69) is 33.0 Å². The van der Waals surface area contributed by atoms with Crippen LogP contribution >= 0.6 is 0 Å². The van der Waals surface area contributed by atoms with Crippen LogP contribution in [0.4, 0.5) is 0 Å². The first-order valence-electron chi connectivity index (χ1n) is 5.36. The molecule has 0 aromatic heterocycles. The Morgan fingerprint density at radius 3 is 2.08 bits per heavy atom. The highest BCUT2D eigenvalue weighted by Crippen LogP contribution is 2.07. The third-order valence-electron chi connectivity index (χ3n) is 2.01. The highest BCUT2D eigenvalue weighted by atomic mass is 14.9. The molecule has 12 heavy (non-hydrogen) atoms. The van der Waals surface area contributed by atoms with Gasteiger partial charge in [-0.1, -0.05) is 47.0 Å². The van der Waals surface area contributed by atoms with Gasteiger partial charge in [-0.25, -0.2) is 0 Å². The molecule has 0 unspecified atom stereocenters. The van der Waals surface area contributed by atoms with Crippen molar-refractivity contribution >= 4 is 0 Å². The Labute approximate surface area is 77.9 Å². The third-order valence-corrected chi connectivity index (χ3v) is 2.01. The van der Waals surface area contributed by atoms with Crippen LogP contribution in [0.3, 0.4) is 0 Å². The van der Waals surface area contributed by atoms with Crippen molar-refractivity contribution < 1.29 is 0 Å². The second-order valence-electron chi connectivity index (χ2n) is 4.35. The van der Waals surface area contributed by atoms with Gasteiger partial charge >= 0.3 is 0 Å². The van der Waals surface area contributed by atoms with E-state index in [1.807, 2.05) is 0 Å². The van der Waals surface area contributed by atoms with Gasteiger partial charge in [0, 0.05) is 6.04 Å². The van der Waals surface area contributed by atoms with E-state index in [1.165, 1.54) is 32.2 Å². The molecule has 0 heterocycles. The zero-order chi connectivity index (χ0) is 9.40. The summed E-state index contributed by atoms with van der Waals surface area (Å²) in [7, 11) is 0. The lowest BCUT2D eigenvalue weighted by atomic mass is 10.1. The highest BCUT2D eigenvalue weighted by molar-refractivity contribution is 4.53. The van der Waals surface area contributed by atoms with Crippen molar-refractivity contribution in [3.8, 4) is 0 Å². The van der Waals surface area contributed by atoms with Gasteiger partial charge in [-0.3, -0.25) is 0 Å². The molecule has 0 fully saturated rings. The Balaban J connectivity index is 2.91. The molecular weight excluding hydrogens is 146 g/mol. The molecule has 0 saturated heterocycles. The molecule has 74 valence electrons. The summed E-state index contributed by atoms with van der Waals surface area (Å²) in [4.78, 5) is 0. The molecule has 0 aromatic rings. The lowest BCUT2D eigenvalue weighted by Gasteiger charge is -2.08. The van der Waals surface area contributed by atoms with Crippen LogP contribution in [0.15, 0.2) is 0 Å². The summed E-state index contributed by atoms with van der Waals surface area (Å²) in [6.45, 7) is 10.2. The number of nitrogens with one attached hydrogen (secondary N) is 1. The van der Waals surface area contributed by atoms with Gasteiger partial charge < -0.3 is 5.32 Å². The molecule has 0 saturated carbocycles. The van der Waals surface area contributed by atoms with Crippen LogP contribution in [0, 0.1) is 5.92 Å². The summed E-state index contributed by atoms with van der Waals surface area (Å²) in [6.07, 6.45) is 5.52. The first kappa shape index (κ1) is 12.0. The fraction of sp³-hybridized carbons (Fsp3) is 1.00. The van der Waals surface area contributed by atoms with E-state index in [-0.39, 0.29) is 0 Å². The van der Waals surface area contributed by atoms with E-state index in [9.17, 15) is 0 Å². The average molecular weight is 171 g/mol. The van der Waals surface area contributed by atoms with Gasteiger partial charge in [0.25, 0.3) is 0 Å². The normalized spacial score (nSPS) is 11.5. The van der Waals surface area contributed by atoms with Gasteiger partial charge in [-0.2, -0.15) is 0 Å². The van der Waals surface area contributed by atoms with E-state index in [4.69, 9.17) is 0 Å². The molecule has 0 radical (unpaired) electrons. The number of unbranched alkanes of at least 4 members (excludes halogenated alkanes) is 2. The minimum atomic E-state index is 0.648. The van der Waals surface area contributed by atoms with Crippen LogP contribution in [0.5, 0.6) is 0 Å². The van der Waals surface area contributed by atoms with Gasteiger partial charge in [-0.15, -0.1) is 0 Å². The predicted octanol–water partition coefficient (Wildman–Crippen LogP) is 3.20. The van der Waals surface area contributed by atoms with Gasteiger partial charge in [-0.05, 0) is 18.9 Å². The fourth-order valence-electron chi connectivity index (χ4n) is 1.25. The van der Waals surface area contributed by atoms with Crippen LogP contribution in [-0.4, -0.2) is 12.6 Å². The molecule has 0 atom stereocenters. The van der Waals surface area contributed by atoms with E-state index in [1.54, 1.807) is 0 Å². The lowest BCUT2D eigenvalue weighted by molar-refractivity contribution is 0.502. The minimum Gasteiger partial charge on any atom is -0.315 e. The lowest BCUT2D eigenvalue weighted by Crippen LogP contribution is -2.23. The van der Waals surface area contributed by atoms with Crippen LogP contribution < -0.4 is 5.32 Å². The largest absolute Gasteiger partial charge is 0.315 e. The molecule has 0 spiro atoms. The smallest absolute Gasteiger partial charge is 0.00103 e. The summed E-state index contributed by atoms with van der Waals surface area (Å²) in [5.41, 5.74) is 0. The maximum Gasteiger partial charge on any atom is 0.00103 e. The summed E-state index contributed by atoms with van der Waals surface area (Å²) in [5.74, 6) is 0.878. The monoisotopic (exact) mass is 171 g/mol. The molecule has 1 N–H and O–H groups in total. The number of hydrogen-bond acceptors (Lipinski definition) is 1. The zero-order valence-corrected chi connectivity index (χ0v) is 9.19. The second kappa shape index (κ2) is 7.60. The molecular formula is C11H25N. The van der Waals surface area contributed by atoms with Gasteiger partial charge in [0.15, 0.2) is 0 Å². The van der Waals surface area contributed by atoms with E-state index in [0.717, 1.165) is 5.92 Å². The van der Waals surface area contributed by atoms with Gasteiger partial charge in [0.05, 0.1) is 0 Å². The molecule has 1 nitrogen and oxygen atoms in total. The first-order valence-corrected chi connectivity index (χ1v) is 5.36. The van der Waals surface area contributed by atoms with Crippen molar-refractivity contribution in [2.45, 2.75) is 59.4 Å². The maximum absolute atomic E-state index is 3.43. The third kappa shape index (κ3) is 9.96. The fourth-order valence-corrected chi connectivity index (χ4v) is 1.25. The minimum absolute atomic E-state index is 0.648. The number of hydrogen-bond donors (Lipinski definition) is 1. The van der Waals surface area contributed by atoms with Gasteiger partial charge in [0.2, 0.25) is 0 Å². The second-order valence-corrected chi connectivity index (χ2v) is 4.35. The van der Waals surface area contributed by atoms with Crippen molar-refractivity contribution in [3.63, 3.8) is 0 Å².